The van der Waals surface area contributed by atoms with Gasteiger partial charge in [-0.2, -0.15) is 0 Å². The van der Waals surface area contributed by atoms with Crippen LogP contribution in [0.25, 0.3) is 0 Å². The van der Waals surface area contributed by atoms with E-state index in [1.54, 1.807) is 4.90 Å². The molecule has 3 aliphatic heterocycles. The minimum Gasteiger partial charge on any atom is -0.465 e. The Kier molecular flexibility index (Phi) is 4.59. The van der Waals surface area contributed by atoms with Crippen LogP contribution >= 0.6 is 0 Å². The normalized spacial score (nSPS) is 26.3. The van der Waals surface area contributed by atoms with Gasteiger partial charge in [-0.1, -0.05) is 26.0 Å². The van der Waals surface area contributed by atoms with Crippen molar-refractivity contribution < 1.29 is 24.3 Å². The van der Waals surface area contributed by atoms with E-state index in [0.29, 0.717) is 31.6 Å². The van der Waals surface area contributed by atoms with Gasteiger partial charge >= 0.3 is 6.09 Å². The highest BCUT2D eigenvalue weighted by Crippen LogP contribution is 2.43. The molecule has 1 aromatic carbocycles. The van der Waals surface area contributed by atoms with Crippen molar-refractivity contribution in [1.29, 1.82) is 0 Å². The lowest BCUT2D eigenvalue weighted by atomic mass is 9.70. The molecule has 4 rings (SSSR count). The molecule has 3 heterocycles. The van der Waals surface area contributed by atoms with Crippen LogP contribution in [0.5, 0.6) is 0 Å². The Morgan fingerprint density at radius 3 is 2.62 bits per heavy atom. The highest BCUT2D eigenvalue weighted by molar-refractivity contribution is 6.05. The van der Waals surface area contributed by atoms with Crippen molar-refractivity contribution in [3.63, 3.8) is 0 Å². The number of rotatable bonds is 2. The van der Waals surface area contributed by atoms with Crippen LogP contribution in [-0.2, 0) is 16.1 Å². The van der Waals surface area contributed by atoms with Crippen molar-refractivity contribution in [2.24, 2.45) is 5.41 Å². The second-order valence-electron chi connectivity index (χ2n) is 8.85. The molecule has 1 aromatic rings. The smallest absolute Gasteiger partial charge is 0.407 e. The minimum atomic E-state index is -0.893. The summed E-state index contributed by atoms with van der Waals surface area (Å²) in [7, 11) is 0. The summed E-state index contributed by atoms with van der Waals surface area (Å²) in [4.78, 5) is 50.8. The molecule has 2 fully saturated rings. The summed E-state index contributed by atoms with van der Waals surface area (Å²) in [5, 5.41) is 11.6. The highest BCUT2D eigenvalue weighted by atomic mass is 16.4. The Morgan fingerprint density at radius 2 is 1.97 bits per heavy atom. The van der Waals surface area contributed by atoms with E-state index in [1.807, 2.05) is 18.2 Å². The first kappa shape index (κ1) is 19.4. The molecule has 0 aromatic heterocycles. The molecule has 0 saturated carbocycles. The van der Waals surface area contributed by atoms with Crippen molar-refractivity contribution in [1.82, 2.24) is 15.1 Å². The molecule has 2 N–H and O–H groups in total. The first-order chi connectivity index (χ1) is 13.7. The van der Waals surface area contributed by atoms with Gasteiger partial charge in [-0.15, -0.1) is 0 Å². The molecule has 0 bridgehead atoms. The highest BCUT2D eigenvalue weighted by Gasteiger charge is 2.41. The summed E-state index contributed by atoms with van der Waals surface area (Å²) in [6.07, 6.45) is 0.412. The van der Waals surface area contributed by atoms with Crippen LogP contribution in [-0.4, -0.2) is 57.9 Å². The summed E-state index contributed by atoms with van der Waals surface area (Å²) < 4.78 is 0. The van der Waals surface area contributed by atoms with Gasteiger partial charge in [0.25, 0.3) is 5.91 Å². The maximum absolute atomic E-state index is 12.8. The quantitative estimate of drug-likeness (QED) is 0.739. The number of imide groups is 1. The predicted octanol–water partition coefficient (Wildman–Crippen LogP) is 1.94. The van der Waals surface area contributed by atoms with E-state index in [9.17, 15) is 24.3 Å². The fourth-order valence-electron chi connectivity index (χ4n) is 4.95. The number of likely N-dealkylation sites (tertiary alicyclic amines) is 1. The van der Waals surface area contributed by atoms with E-state index in [0.717, 1.165) is 17.5 Å². The van der Waals surface area contributed by atoms with Gasteiger partial charge in [0.05, 0.1) is 0 Å². The third kappa shape index (κ3) is 3.36. The van der Waals surface area contributed by atoms with E-state index in [4.69, 9.17) is 0 Å². The van der Waals surface area contributed by atoms with Crippen molar-refractivity contribution in [3.8, 4) is 0 Å². The molecule has 0 spiro atoms. The third-order valence-electron chi connectivity index (χ3n) is 6.45. The maximum atomic E-state index is 12.8. The van der Waals surface area contributed by atoms with E-state index < -0.39 is 18.0 Å². The fraction of sp³-hybridized carbons (Fsp3) is 0.524. The molecule has 2 saturated heterocycles. The third-order valence-corrected chi connectivity index (χ3v) is 6.45. The fourth-order valence-corrected chi connectivity index (χ4v) is 4.95. The molecule has 8 nitrogen and oxygen atoms in total. The van der Waals surface area contributed by atoms with Gasteiger partial charge in [0.15, 0.2) is 0 Å². The zero-order valence-electron chi connectivity index (χ0n) is 16.6. The zero-order valence-corrected chi connectivity index (χ0v) is 16.6. The molecule has 0 aliphatic carbocycles. The Morgan fingerprint density at radius 1 is 1.21 bits per heavy atom. The average Bonchev–Trinajstić information content (AvgIpc) is 2.96. The first-order valence-electron chi connectivity index (χ1n) is 9.93. The molecule has 3 aliphatic rings. The predicted molar refractivity (Wildman–Crippen MR) is 103 cm³/mol. The van der Waals surface area contributed by atoms with Gasteiger partial charge in [-0.25, -0.2) is 4.79 Å². The number of amides is 4. The lowest BCUT2D eigenvalue weighted by molar-refractivity contribution is -0.136. The monoisotopic (exact) mass is 399 g/mol. The minimum absolute atomic E-state index is 0.180. The average molecular weight is 399 g/mol. The zero-order chi connectivity index (χ0) is 20.9. The van der Waals surface area contributed by atoms with Crippen molar-refractivity contribution in [2.75, 3.05) is 13.1 Å². The van der Waals surface area contributed by atoms with E-state index >= 15 is 0 Å². The van der Waals surface area contributed by atoms with Crippen LogP contribution in [0.4, 0.5) is 4.79 Å². The molecule has 29 heavy (non-hydrogen) atoms. The van der Waals surface area contributed by atoms with E-state index in [2.05, 4.69) is 19.2 Å². The number of carboxylic acid groups (broad SMARTS) is 1. The first-order valence-corrected chi connectivity index (χ1v) is 9.93. The Hall–Kier alpha value is -2.90. The Balaban J connectivity index is 1.56. The van der Waals surface area contributed by atoms with Gasteiger partial charge in [0.2, 0.25) is 11.8 Å². The molecule has 0 radical (unpaired) electrons. The lowest BCUT2D eigenvalue weighted by Gasteiger charge is -2.43. The molecular formula is C21H25N3O5. The Bertz CT molecular complexity index is 910. The van der Waals surface area contributed by atoms with E-state index in [1.165, 1.54) is 4.90 Å². The van der Waals surface area contributed by atoms with Crippen LogP contribution < -0.4 is 5.32 Å². The van der Waals surface area contributed by atoms with Crippen LogP contribution in [0.3, 0.4) is 0 Å². The van der Waals surface area contributed by atoms with E-state index in [-0.39, 0.29) is 29.6 Å². The number of fused-ring (bicyclic) bond motifs is 1. The number of benzene rings is 1. The molecule has 4 amide bonds. The SMILES string of the molecule is CC1(C)CN(C(=O)O)CCC1c1ccc2c(c1)CN(C1CCC(=O)NC1=O)C2=O. The van der Waals surface area contributed by atoms with Gasteiger partial charge in [-0.3, -0.25) is 19.7 Å². The molecule has 154 valence electrons. The summed E-state index contributed by atoms with van der Waals surface area (Å²) >= 11 is 0. The largest absolute Gasteiger partial charge is 0.465 e. The number of piperidine rings is 2. The topological polar surface area (TPSA) is 107 Å². The standard InChI is InChI=1S/C21H25N3O5/c1-21(2)11-23(20(28)29)8-7-15(21)12-3-4-14-13(9-12)10-24(19(14)27)16-5-6-17(25)22-18(16)26/h3-4,9,15-16H,5-8,10-11H2,1-2H3,(H,28,29)(H,22,25,26). The number of carbonyl (C=O) groups is 4. The summed E-state index contributed by atoms with van der Waals surface area (Å²) in [6, 6.07) is 5.18. The van der Waals surface area contributed by atoms with Gasteiger partial charge in [0, 0.05) is 31.6 Å². The summed E-state index contributed by atoms with van der Waals surface area (Å²) in [5.74, 6) is -0.707. The molecule has 8 heteroatoms. The Labute approximate surface area is 168 Å². The number of carbonyl (C=O) groups excluding carboxylic acids is 3. The summed E-state index contributed by atoms with van der Waals surface area (Å²) in [6.45, 7) is 5.44. The maximum Gasteiger partial charge on any atom is 0.407 e. The van der Waals surface area contributed by atoms with Crippen LogP contribution in [0.1, 0.15) is 60.5 Å². The molecule has 2 atom stereocenters. The lowest BCUT2D eigenvalue weighted by Crippen LogP contribution is -2.52. The van der Waals surface area contributed by atoms with Crippen molar-refractivity contribution in [3.05, 3.63) is 34.9 Å². The molecule has 2 unspecified atom stereocenters. The number of hydrogen-bond donors (Lipinski definition) is 2. The second-order valence-corrected chi connectivity index (χ2v) is 8.85. The van der Waals surface area contributed by atoms with Crippen LogP contribution in [0, 0.1) is 5.41 Å². The van der Waals surface area contributed by atoms with Crippen LogP contribution in [0.15, 0.2) is 18.2 Å². The summed E-state index contributed by atoms with van der Waals surface area (Å²) in [5.41, 5.74) is 2.35. The number of nitrogens with one attached hydrogen (secondary N) is 1. The van der Waals surface area contributed by atoms with Gasteiger partial charge in [0.1, 0.15) is 6.04 Å². The van der Waals surface area contributed by atoms with Gasteiger partial charge < -0.3 is 14.9 Å². The van der Waals surface area contributed by atoms with Gasteiger partial charge in [-0.05, 0) is 41.4 Å². The number of nitrogens with zero attached hydrogens (tertiary/aromatic N) is 2. The van der Waals surface area contributed by atoms with Crippen molar-refractivity contribution >= 4 is 23.8 Å². The number of hydrogen-bond acceptors (Lipinski definition) is 4. The molecular weight excluding hydrogens is 374 g/mol. The van der Waals surface area contributed by atoms with Crippen LogP contribution in [0.2, 0.25) is 0 Å². The van der Waals surface area contributed by atoms with Crippen molar-refractivity contribution in [2.45, 2.75) is 51.6 Å². The second kappa shape index (κ2) is 6.86.